The molecule has 10 heteroatoms. The molecule has 0 spiro atoms. The van der Waals surface area contributed by atoms with Crippen LogP contribution in [0.15, 0.2) is 30.6 Å². The molecule has 0 radical (unpaired) electrons. The van der Waals surface area contributed by atoms with E-state index in [0.717, 1.165) is 18.7 Å². The van der Waals surface area contributed by atoms with Crippen LogP contribution in [0.3, 0.4) is 0 Å². The number of anilines is 1. The van der Waals surface area contributed by atoms with Crippen LogP contribution in [0.2, 0.25) is 0 Å². The number of methoxy groups -OCH3 is 2. The highest BCUT2D eigenvalue weighted by Crippen LogP contribution is 2.33. The van der Waals surface area contributed by atoms with Crippen LogP contribution < -0.4 is 19.7 Å². The molecule has 0 saturated carbocycles. The van der Waals surface area contributed by atoms with Gasteiger partial charge in [0.05, 0.1) is 37.9 Å². The molecule has 1 aromatic carbocycles. The van der Waals surface area contributed by atoms with Crippen LogP contribution in [0.5, 0.6) is 17.5 Å². The van der Waals surface area contributed by atoms with E-state index in [-0.39, 0.29) is 11.6 Å². The van der Waals surface area contributed by atoms with Gasteiger partial charge in [-0.05, 0) is 37.8 Å². The number of aromatic nitrogens is 5. The fourth-order valence-corrected chi connectivity index (χ4v) is 4.95. The standard InChI is InChI=1S/C24H29N7O3/c1-31(17-10-15-5-4-6-16(11-17)27-15)21-13-25-22(30-29-21)18-8-7-14(9-20(18)32)19-12-26-23(33-2)24(28-19)34-3/h7-9,12-13,15-17,27,32H,4-6,10-11H2,1-3H3/t15-,16+,17-. The minimum atomic E-state index is 0.0307. The lowest BCUT2D eigenvalue weighted by Gasteiger charge is -2.43. The number of rotatable bonds is 6. The van der Waals surface area contributed by atoms with Gasteiger partial charge in [-0.1, -0.05) is 12.5 Å². The summed E-state index contributed by atoms with van der Waals surface area (Å²) < 4.78 is 10.4. The Morgan fingerprint density at radius 1 is 1.00 bits per heavy atom. The molecule has 0 amide bonds. The lowest BCUT2D eigenvalue weighted by molar-refractivity contribution is 0.219. The Kier molecular flexibility index (Phi) is 6.14. The first-order valence-corrected chi connectivity index (χ1v) is 11.5. The number of aromatic hydroxyl groups is 1. The third kappa shape index (κ3) is 4.33. The molecule has 5 rings (SSSR count). The smallest absolute Gasteiger partial charge is 0.278 e. The second-order valence-electron chi connectivity index (χ2n) is 8.87. The van der Waals surface area contributed by atoms with Crippen LogP contribution >= 0.6 is 0 Å². The van der Waals surface area contributed by atoms with Crippen molar-refractivity contribution in [2.45, 2.75) is 50.2 Å². The van der Waals surface area contributed by atoms with E-state index in [4.69, 9.17) is 9.47 Å². The maximum absolute atomic E-state index is 10.7. The number of phenols is 1. The van der Waals surface area contributed by atoms with Crippen molar-refractivity contribution >= 4 is 5.82 Å². The summed E-state index contributed by atoms with van der Waals surface area (Å²) in [5, 5.41) is 23.1. The largest absolute Gasteiger partial charge is 0.507 e. The summed E-state index contributed by atoms with van der Waals surface area (Å²) in [5.74, 6) is 1.70. The second kappa shape index (κ2) is 9.38. The topological polar surface area (TPSA) is 118 Å². The normalized spacial score (nSPS) is 21.7. The van der Waals surface area contributed by atoms with Crippen LogP contribution in [0.25, 0.3) is 22.6 Å². The minimum absolute atomic E-state index is 0.0307. The maximum atomic E-state index is 10.7. The zero-order chi connectivity index (χ0) is 23.7. The monoisotopic (exact) mass is 463 g/mol. The third-order valence-corrected chi connectivity index (χ3v) is 6.78. The highest BCUT2D eigenvalue weighted by atomic mass is 16.5. The van der Waals surface area contributed by atoms with E-state index >= 15 is 0 Å². The zero-order valence-electron chi connectivity index (χ0n) is 19.6. The van der Waals surface area contributed by atoms with Crippen molar-refractivity contribution < 1.29 is 14.6 Å². The molecule has 4 heterocycles. The molecule has 2 fully saturated rings. The van der Waals surface area contributed by atoms with Gasteiger partial charge in [0.15, 0.2) is 11.6 Å². The van der Waals surface area contributed by atoms with E-state index < -0.39 is 0 Å². The van der Waals surface area contributed by atoms with Crippen LogP contribution in [-0.2, 0) is 0 Å². The summed E-state index contributed by atoms with van der Waals surface area (Å²) in [6.07, 6.45) is 9.31. The van der Waals surface area contributed by atoms with Crippen molar-refractivity contribution in [3.63, 3.8) is 0 Å². The van der Waals surface area contributed by atoms with E-state index in [2.05, 4.69) is 42.4 Å². The van der Waals surface area contributed by atoms with Gasteiger partial charge in [-0.15, -0.1) is 10.2 Å². The summed E-state index contributed by atoms with van der Waals surface area (Å²) in [6.45, 7) is 0. The Balaban J connectivity index is 1.33. The van der Waals surface area contributed by atoms with Crippen molar-refractivity contribution in [2.75, 3.05) is 26.2 Å². The Morgan fingerprint density at radius 3 is 2.41 bits per heavy atom. The number of nitrogens with one attached hydrogen (secondary N) is 1. The first-order chi connectivity index (χ1) is 16.6. The molecular weight excluding hydrogens is 434 g/mol. The summed E-state index contributed by atoms with van der Waals surface area (Å²) in [7, 11) is 5.06. The van der Waals surface area contributed by atoms with Crippen molar-refractivity contribution in [2.24, 2.45) is 0 Å². The predicted molar refractivity (Wildman–Crippen MR) is 127 cm³/mol. The Labute approximate surface area is 198 Å². The minimum Gasteiger partial charge on any atom is -0.507 e. The molecular formula is C24H29N7O3. The average molecular weight is 464 g/mol. The number of phenolic OH excluding ortho intramolecular Hbond substituents is 1. The molecule has 34 heavy (non-hydrogen) atoms. The van der Waals surface area contributed by atoms with E-state index in [1.807, 2.05) is 6.07 Å². The van der Waals surface area contributed by atoms with E-state index in [9.17, 15) is 5.11 Å². The van der Waals surface area contributed by atoms with Crippen LogP contribution in [-0.4, -0.2) is 69.6 Å². The summed E-state index contributed by atoms with van der Waals surface area (Å²) in [6, 6.07) is 6.77. The first-order valence-electron chi connectivity index (χ1n) is 11.5. The summed E-state index contributed by atoms with van der Waals surface area (Å²) in [4.78, 5) is 15.3. The van der Waals surface area contributed by atoms with Crippen molar-refractivity contribution in [1.29, 1.82) is 0 Å². The Hall–Kier alpha value is -3.53. The quantitative estimate of drug-likeness (QED) is 0.565. The van der Waals surface area contributed by atoms with Crippen LogP contribution in [0.1, 0.15) is 32.1 Å². The van der Waals surface area contributed by atoms with E-state index in [1.165, 1.54) is 33.5 Å². The van der Waals surface area contributed by atoms with Crippen molar-refractivity contribution in [3.05, 3.63) is 30.6 Å². The van der Waals surface area contributed by atoms with Crippen molar-refractivity contribution in [3.8, 4) is 40.2 Å². The number of hydrogen-bond donors (Lipinski definition) is 2. The predicted octanol–water partition coefficient (Wildman–Crippen LogP) is 2.83. The average Bonchev–Trinajstić information content (AvgIpc) is 2.87. The molecule has 2 bridgehead atoms. The van der Waals surface area contributed by atoms with Gasteiger partial charge in [0.25, 0.3) is 11.8 Å². The maximum Gasteiger partial charge on any atom is 0.278 e. The molecule has 0 unspecified atom stereocenters. The van der Waals surface area contributed by atoms with Gasteiger partial charge < -0.3 is 24.8 Å². The molecule has 3 aromatic rings. The summed E-state index contributed by atoms with van der Waals surface area (Å²) >= 11 is 0. The van der Waals surface area contributed by atoms with Crippen LogP contribution in [0, 0.1) is 0 Å². The van der Waals surface area contributed by atoms with Gasteiger partial charge in [-0.3, -0.25) is 0 Å². The molecule has 0 aliphatic carbocycles. The number of hydrogen-bond acceptors (Lipinski definition) is 10. The van der Waals surface area contributed by atoms with Gasteiger partial charge in [0.1, 0.15) is 5.75 Å². The van der Waals surface area contributed by atoms with E-state index in [1.54, 1.807) is 24.5 Å². The fraction of sp³-hybridized carbons (Fsp3) is 0.458. The lowest BCUT2D eigenvalue weighted by atomic mass is 9.83. The number of fused-ring (bicyclic) bond motifs is 2. The number of benzene rings is 1. The molecule has 2 saturated heterocycles. The number of ether oxygens (including phenoxy) is 2. The number of nitrogens with zero attached hydrogens (tertiary/aromatic N) is 6. The Morgan fingerprint density at radius 2 is 1.76 bits per heavy atom. The van der Waals surface area contributed by atoms with Gasteiger partial charge in [-0.25, -0.2) is 15.0 Å². The SMILES string of the molecule is COc1ncc(-c2ccc(-c3ncc(N(C)[C@@H]4C[C@H]5CCC[C@@H](C4)N5)nn3)c(O)c2)nc1OC. The third-order valence-electron chi connectivity index (χ3n) is 6.78. The summed E-state index contributed by atoms with van der Waals surface area (Å²) in [5.41, 5.74) is 1.72. The molecule has 10 nitrogen and oxygen atoms in total. The van der Waals surface area contributed by atoms with Gasteiger partial charge in [0, 0.05) is 30.7 Å². The van der Waals surface area contributed by atoms with E-state index in [0.29, 0.717) is 46.7 Å². The zero-order valence-corrected chi connectivity index (χ0v) is 19.6. The second-order valence-corrected chi connectivity index (χ2v) is 8.87. The fourth-order valence-electron chi connectivity index (χ4n) is 4.95. The molecule has 178 valence electrons. The first kappa shape index (κ1) is 22.3. The van der Waals surface area contributed by atoms with Gasteiger partial charge in [0.2, 0.25) is 0 Å². The Bertz CT molecular complexity index is 1150. The van der Waals surface area contributed by atoms with Crippen LogP contribution in [0.4, 0.5) is 5.82 Å². The molecule has 2 aliphatic rings. The highest BCUT2D eigenvalue weighted by molar-refractivity contribution is 5.71. The molecule has 2 N–H and O–H groups in total. The molecule has 3 atom stereocenters. The van der Waals surface area contributed by atoms with Crippen molar-refractivity contribution in [1.82, 2.24) is 30.5 Å². The molecule has 2 aliphatic heterocycles. The molecule has 2 aromatic heterocycles. The lowest BCUT2D eigenvalue weighted by Crippen LogP contribution is -2.54. The number of piperidine rings is 2. The van der Waals surface area contributed by atoms with Gasteiger partial charge in [-0.2, -0.15) is 0 Å². The highest BCUT2D eigenvalue weighted by Gasteiger charge is 2.33. The van der Waals surface area contributed by atoms with Gasteiger partial charge >= 0.3 is 0 Å².